The van der Waals surface area contributed by atoms with Gasteiger partial charge in [0.15, 0.2) is 5.82 Å². The number of hydrogen-bond donors (Lipinski definition) is 1. The molecule has 0 aliphatic carbocycles. The Balaban J connectivity index is 2.05. The summed E-state index contributed by atoms with van der Waals surface area (Å²) in [5.41, 5.74) is 2.00. The van der Waals surface area contributed by atoms with Crippen molar-refractivity contribution in [2.75, 3.05) is 13.2 Å². The van der Waals surface area contributed by atoms with Crippen LogP contribution in [-0.2, 0) is 11.3 Å². The second kappa shape index (κ2) is 7.05. The monoisotopic (exact) mass is 329 g/mol. The maximum absolute atomic E-state index is 10.3. The molecule has 2 aliphatic rings. The quantitative estimate of drug-likeness (QED) is 0.669. The lowest BCUT2D eigenvalue weighted by Gasteiger charge is -2.14. The number of pyridine rings is 1. The van der Waals surface area contributed by atoms with Crippen LogP contribution in [0.2, 0.25) is 0 Å². The van der Waals surface area contributed by atoms with E-state index in [1.807, 2.05) is 25.1 Å². The fraction of sp³-hybridized carbons (Fsp3) is 0.444. The molecule has 128 valence electrons. The minimum absolute atomic E-state index is 0.356. The van der Waals surface area contributed by atoms with Gasteiger partial charge in [0.25, 0.3) is 0 Å². The lowest BCUT2D eigenvalue weighted by molar-refractivity contribution is 0.129. The zero-order valence-corrected chi connectivity index (χ0v) is 14.3. The standard InChI is InChI=1S/C18H23N3O3/c1-4-23-11-16-19-13-10-21(22)14-6-5-7-15(17(14)18(13)20-16)24-9-8-12(2)3/h5-7,10,12,22H,4,8-9,11H2,1-3H3. The first kappa shape index (κ1) is 16.5. The Morgan fingerprint density at radius 2 is 2.08 bits per heavy atom. The molecular formula is C18H23N3O3. The van der Waals surface area contributed by atoms with Crippen LogP contribution in [0.5, 0.6) is 5.75 Å². The van der Waals surface area contributed by atoms with E-state index in [9.17, 15) is 5.21 Å². The van der Waals surface area contributed by atoms with Gasteiger partial charge in [0.2, 0.25) is 0 Å². The lowest BCUT2D eigenvalue weighted by Crippen LogP contribution is -2.04. The molecule has 0 saturated carbocycles. The molecule has 0 amide bonds. The van der Waals surface area contributed by atoms with Crippen LogP contribution in [-0.4, -0.2) is 33.1 Å². The molecule has 6 heteroatoms. The minimum Gasteiger partial charge on any atom is -0.493 e. The van der Waals surface area contributed by atoms with Gasteiger partial charge < -0.3 is 14.7 Å². The van der Waals surface area contributed by atoms with Gasteiger partial charge in [-0.05, 0) is 31.4 Å². The van der Waals surface area contributed by atoms with Gasteiger partial charge in [0.1, 0.15) is 23.7 Å². The molecule has 1 N–H and O–H groups in total. The second-order valence-electron chi connectivity index (χ2n) is 6.17. The van der Waals surface area contributed by atoms with Crippen molar-refractivity contribution in [1.82, 2.24) is 14.7 Å². The number of ether oxygens (including phenoxy) is 2. The second-order valence-corrected chi connectivity index (χ2v) is 6.17. The first-order valence-corrected chi connectivity index (χ1v) is 8.30. The van der Waals surface area contributed by atoms with E-state index in [0.29, 0.717) is 48.5 Å². The molecule has 3 rings (SSSR count). The van der Waals surface area contributed by atoms with Gasteiger partial charge in [-0.1, -0.05) is 19.9 Å². The molecule has 0 atom stereocenters. The zero-order chi connectivity index (χ0) is 17.1. The Labute approximate surface area is 141 Å². The smallest absolute Gasteiger partial charge is 0.155 e. The Bertz CT molecular complexity index is 798. The van der Waals surface area contributed by atoms with Crippen molar-refractivity contribution in [3.05, 3.63) is 30.2 Å². The fourth-order valence-electron chi connectivity index (χ4n) is 2.59. The van der Waals surface area contributed by atoms with E-state index in [-0.39, 0.29) is 0 Å². The van der Waals surface area contributed by atoms with E-state index < -0.39 is 0 Å². The van der Waals surface area contributed by atoms with E-state index in [1.54, 1.807) is 6.20 Å². The Morgan fingerprint density at radius 1 is 1.25 bits per heavy atom. The maximum atomic E-state index is 10.3. The van der Waals surface area contributed by atoms with Gasteiger partial charge in [-0.15, -0.1) is 0 Å². The molecule has 0 saturated heterocycles. The normalized spacial score (nSPS) is 11.7. The fourth-order valence-corrected chi connectivity index (χ4v) is 2.59. The van der Waals surface area contributed by atoms with Crippen molar-refractivity contribution in [3.63, 3.8) is 0 Å². The van der Waals surface area contributed by atoms with E-state index in [2.05, 4.69) is 23.8 Å². The topological polar surface area (TPSA) is 69.4 Å². The van der Waals surface area contributed by atoms with Crippen LogP contribution >= 0.6 is 0 Å². The van der Waals surface area contributed by atoms with Crippen LogP contribution in [0.1, 0.15) is 33.0 Å². The molecule has 0 bridgehead atoms. The molecule has 0 aromatic heterocycles. The molecule has 6 nitrogen and oxygen atoms in total. The highest BCUT2D eigenvalue weighted by Gasteiger charge is 2.20. The van der Waals surface area contributed by atoms with E-state index in [1.165, 1.54) is 0 Å². The van der Waals surface area contributed by atoms with Crippen molar-refractivity contribution >= 4 is 10.9 Å². The number of aromatic nitrogens is 3. The van der Waals surface area contributed by atoms with Gasteiger partial charge in [-0.3, -0.25) is 0 Å². The highest BCUT2D eigenvalue weighted by Crippen LogP contribution is 2.35. The predicted molar refractivity (Wildman–Crippen MR) is 91.6 cm³/mol. The van der Waals surface area contributed by atoms with E-state index in [0.717, 1.165) is 22.2 Å². The molecule has 0 radical (unpaired) electrons. The van der Waals surface area contributed by atoms with E-state index in [4.69, 9.17) is 9.47 Å². The predicted octanol–water partition coefficient (Wildman–Crippen LogP) is 3.73. The summed E-state index contributed by atoms with van der Waals surface area (Å²) in [4.78, 5) is 9.02. The zero-order valence-electron chi connectivity index (χ0n) is 14.3. The highest BCUT2D eigenvalue weighted by molar-refractivity contribution is 5.97. The Morgan fingerprint density at radius 3 is 2.83 bits per heavy atom. The summed E-state index contributed by atoms with van der Waals surface area (Å²) in [5.74, 6) is 1.89. The summed E-state index contributed by atoms with van der Waals surface area (Å²) in [6, 6.07) is 5.60. The van der Waals surface area contributed by atoms with Crippen molar-refractivity contribution in [2.45, 2.75) is 33.8 Å². The summed E-state index contributed by atoms with van der Waals surface area (Å²) in [5, 5.41) is 11.0. The van der Waals surface area contributed by atoms with Crippen LogP contribution in [0.3, 0.4) is 0 Å². The number of imidazole rings is 1. The average Bonchev–Trinajstić information content (AvgIpc) is 2.95. The largest absolute Gasteiger partial charge is 0.493 e. The summed E-state index contributed by atoms with van der Waals surface area (Å²) in [7, 11) is 0. The molecule has 2 heterocycles. The van der Waals surface area contributed by atoms with Gasteiger partial charge >= 0.3 is 0 Å². The summed E-state index contributed by atoms with van der Waals surface area (Å²) < 4.78 is 12.4. The van der Waals surface area contributed by atoms with Crippen molar-refractivity contribution in [1.29, 1.82) is 0 Å². The van der Waals surface area contributed by atoms with Crippen LogP contribution in [0.4, 0.5) is 0 Å². The summed E-state index contributed by atoms with van der Waals surface area (Å²) >= 11 is 0. The Kier molecular flexibility index (Phi) is 4.85. The average molecular weight is 329 g/mol. The molecule has 0 unspecified atom stereocenters. The molecule has 1 aromatic rings. The molecule has 24 heavy (non-hydrogen) atoms. The third kappa shape index (κ3) is 3.28. The van der Waals surface area contributed by atoms with Crippen LogP contribution in [0.15, 0.2) is 24.4 Å². The van der Waals surface area contributed by atoms with Crippen LogP contribution < -0.4 is 4.74 Å². The van der Waals surface area contributed by atoms with Gasteiger partial charge in [-0.25, -0.2) is 9.97 Å². The lowest BCUT2D eigenvalue weighted by atomic mass is 10.1. The number of nitrogens with zero attached hydrogens (tertiary/aromatic N) is 3. The first-order valence-electron chi connectivity index (χ1n) is 8.30. The van der Waals surface area contributed by atoms with Gasteiger partial charge in [-0.2, -0.15) is 4.73 Å². The highest BCUT2D eigenvalue weighted by atomic mass is 16.5. The number of hydrogen-bond acceptors (Lipinski definition) is 5. The molecule has 2 aliphatic heterocycles. The number of benzene rings is 1. The number of rotatable bonds is 7. The molecule has 0 spiro atoms. The summed E-state index contributed by atoms with van der Waals surface area (Å²) in [6.45, 7) is 7.84. The number of fused-ring (bicyclic) bond motifs is 3. The van der Waals surface area contributed by atoms with Gasteiger partial charge in [0, 0.05) is 6.61 Å². The molecule has 1 aromatic carbocycles. The minimum atomic E-state index is 0.356. The molecular weight excluding hydrogens is 306 g/mol. The SMILES string of the molecule is CCOCc1nc2cn(O)c3cccc(OCCC(C)C)c3c-2n1. The van der Waals surface area contributed by atoms with Gasteiger partial charge in [0.05, 0.1) is 23.7 Å². The third-order valence-electron chi connectivity index (χ3n) is 3.85. The summed E-state index contributed by atoms with van der Waals surface area (Å²) in [6.07, 6.45) is 2.53. The third-order valence-corrected chi connectivity index (χ3v) is 3.85. The van der Waals surface area contributed by atoms with Crippen molar-refractivity contribution in [3.8, 4) is 17.1 Å². The van der Waals surface area contributed by atoms with Crippen molar-refractivity contribution in [2.24, 2.45) is 5.92 Å². The maximum Gasteiger partial charge on any atom is 0.155 e. The van der Waals surface area contributed by atoms with Crippen molar-refractivity contribution < 1.29 is 14.7 Å². The molecule has 0 fully saturated rings. The van der Waals surface area contributed by atoms with Crippen LogP contribution in [0.25, 0.3) is 22.3 Å². The first-order chi connectivity index (χ1) is 11.6. The van der Waals surface area contributed by atoms with E-state index >= 15 is 0 Å². The van der Waals surface area contributed by atoms with Crippen LogP contribution in [0, 0.1) is 5.92 Å². The Hall–Kier alpha value is -2.34.